The predicted molar refractivity (Wildman–Crippen MR) is 96.4 cm³/mol. The number of anilines is 2. The first kappa shape index (κ1) is 16.3. The van der Waals surface area contributed by atoms with Crippen LogP contribution in [0.15, 0.2) is 60.7 Å². The highest BCUT2D eigenvalue weighted by Crippen LogP contribution is 2.14. The highest BCUT2D eigenvalue weighted by atomic mass is 16.5. The van der Waals surface area contributed by atoms with Crippen LogP contribution >= 0.6 is 0 Å². The highest BCUT2D eigenvalue weighted by molar-refractivity contribution is 6.00. The van der Waals surface area contributed by atoms with E-state index in [1.807, 2.05) is 54.6 Å². The van der Waals surface area contributed by atoms with Crippen LogP contribution < -0.4 is 15.8 Å². The summed E-state index contributed by atoms with van der Waals surface area (Å²) in [6.07, 6.45) is 3.09. The molecule has 0 unspecified atom stereocenters. The lowest BCUT2D eigenvalue weighted by atomic mass is 10.2. The number of nitrogen functional groups attached to an aromatic ring is 1. The van der Waals surface area contributed by atoms with Crippen molar-refractivity contribution in [2.24, 2.45) is 0 Å². The van der Waals surface area contributed by atoms with E-state index in [4.69, 9.17) is 10.5 Å². The molecule has 2 aromatic carbocycles. The third-order valence-electron chi connectivity index (χ3n) is 3.41. The number of para-hydroxylation sites is 1. The molecular weight excluding hydrogens is 318 g/mol. The molecule has 7 heteroatoms. The van der Waals surface area contributed by atoms with Crippen molar-refractivity contribution in [1.82, 2.24) is 14.8 Å². The van der Waals surface area contributed by atoms with Gasteiger partial charge in [0.05, 0.1) is 12.8 Å². The molecule has 7 nitrogen and oxygen atoms in total. The number of carbonyl (C=O) groups is 1. The second-order valence-corrected chi connectivity index (χ2v) is 5.14. The van der Waals surface area contributed by atoms with Crippen molar-refractivity contribution < 1.29 is 9.53 Å². The molecule has 1 heterocycles. The predicted octanol–water partition coefficient (Wildman–Crippen LogP) is 2.51. The number of nitrogens with zero attached hydrogens (tertiary/aromatic N) is 3. The van der Waals surface area contributed by atoms with Crippen molar-refractivity contribution in [2.45, 2.75) is 0 Å². The average Bonchev–Trinajstić information content (AvgIpc) is 3.01. The number of hydrogen-bond acceptors (Lipinski definition) is 5. The van der Waals surface area contributed by atoms with Crippen molar-refractivity contribution in [3.8, 4) is 11.4 Å². The van der Waals surface area contributed by atoms with E-state index in [2.05, 4.69) is 15.4 Å². The molecule has 3 aromatic rings. The number of benzene rings is 2. The maximum atomic E-state index is 12.0. The molecule has 0 radical (unpaired) electrons. The van der Waals surface area contributed by atoms with Crippen LogP contribution in [0.2, 0.25) is 0 Å². The second-order valence-electron chi connectivity index (χ2n) is 5.14. The summed E-state index contributed by atoms with van der Waals surface area (Å²) in [7, 11) is 1.60. The van der Waals surface area contributed by atoms with Crippen LogP contribution in [0.5, 0.6) is 5.75 Å². The molecule has 1 amide bonds. The third-order valence-corrected chi connectivity index (χ3v) is 3.41. The number of hydrogen-bond donors (Lipinski definition) is 2. The maximum absolute atomic E-state index is 12.0. The van der Waals surface area contributed by atoms with Gasteiger partial charge in [-0.15, -0.1) is 5.10 Å². The molecule has 0 aliphatic carbocycles. The first-order chi connectivity index (χ1) is 12.2. The van der Waals surface area contributed by atoms with Crippen LogP contribution in [0.25, 0.3) is 11.8 Å². The fourth-order valence-electron chi connectivity index (χ4n) is 2.18. The molecule has 0 aliphatic rings. The van der Waals surface area contributed by atoms with Gasteiger partial charge in [0.15, 0.2) is 0 Å². The topological polar surface area (TPSA) is 95.1 Å². The summed E-state index contributed by atoms with van der Waals surface area (Å²) < 4.78 is 6.55. The normalized spacial score (nSPS) is 10.8. The summed E-state index contributed by atoms with van der Waals surface area (Å²) in [4.78, 5) is 16.1. The van der Waals surface area contributed by atoms with Crippen LogP contribution in [-0.4, -0.2) is 27.8 Å². The number of nitrogens with one attached hydrogen (secondary N) is 1. The van der Waals surface area contributed by atoms with E-state index in [1.54, 1.807) is 13.2 Å². The maximum Gasteiger partial charge on any atom is 0.251 e. The molecule has 3 N–H and O–H groups in total. The number of ether oxygens (including phenoxy) is 1. The largest absolute Gasteiger partial charge is 0.497 e. The zero-order chi connectivity index (χ0) is 17.6. The molecule has 0 fully saturated rings. The molecule has 3 rings (SSSR count). The summed E-state index contributed by atoms with van der Waals surface area (Å²) in [5.41, 5.74) is 7.49. The van der Waals surface area contributed by atoms with Crippen molar-refractivity contribution in [3.05, 3.63) is 66.2 Å². The van der Waals surface area contributed by atoms with Gasteiger partial charge in [-0.25, -0.2) is 0 Å². The van der Waals surface area contributed by atoms with Crippen LogP contribution in [0.1, 0.15) is 5.56 Å². The van der Waals surface area contributed by atoms with Crippen molar-refractivity contribution in [1.29, 1.82) is 0 Å². The lowest BCUT2D eigenvalue weighted by Crippen LogP contribution is -2.09. The molecule has 126 valence electrons. The van der Waals surface area contributed by atoms with Crippen molar-refractivity contribution >= 4 is 23.9 Å². The summed E-state index contributed by atoms with van der Waals surface area (Å²) in [6, 6.07) is 16.7. The second kappa shape index (κ2) is 7.31. The summed E-state index contributed by atoms with van der Waals surface area (Å²) in [6.45, 7) is 0. The molecule has 0 saturated heterocycles. The average molecular weight is 335 g/mol. The lowest BCUT2D eigenvalue weighted by Gasteiger charge is -2.00. The minimum absolute atomic E-state index is 0.144. The minimum atomic E-state index is -0.346. The van der Waals surface area contributed by atoms with Gasteiger partial charge in [0.25, 0.3) is 11.9 Å². The summed E-state index contributed by atoms with van der Waals surface area (Å²) in [5.74, 6) is 0.750. The first-order valence-corrected chi connectivity index (χ1v) is 7.57. The molecule has 25 heavy (non-hydrogen) atoms. The summed E-state index contributed by atoms with van der Waals surface area (Å²) >= 11 is 0. The van der Waals surface area contributed by atoms with Gasteiger partial charge in [-0.3, -0.25) is 10.1 Å². The molecule has 0 spiro atoms. The zero-order valence-corrected chi connectivity index (χ0v) is 13.6. The lowest BCUT2D eigenvalue weighted by molar-refractivity contribution is -0.111. The summed E-state index contributed by atoms with van der Waals surface area (Å²) in [5, 5.41) is 6.79. The van der Waals surface area contributed by atoms with E-state index < -0.39 is 0 Å². The van der Waals surface area contributed by atoms with Gasteiger partial charge in [-0.2, -0.15) is 9.67 Å². The van der Waals surface area contributed by atoms with Crippen LogP contribution in [-0.2, 0) is 4.79 Å². The Morgan fingerprint density at radius 3 is 2.56 bits per heavy atom. The number of amides is 1. The van der Waals surface area contributed by atoms with E-state index in [1.165, 1.54) is 10.8 Å². The Hall–Kier alpha value is -3.61. The first-order valence-electron chi connectivity index (χ1n) is 7.57. The van der Waals surface area contributed by atoms with Crippen molar-refractivity contribution in [3.63, 3.8) is 0 Å². The van der Waals surface area contributed by atoms with Gasteiger partial charge in [-0.1, -0.05) is 30.3 Å². The van der Waals surface area contributed by atoms with Gasteiger partial charge in [0.2, 0.25) is 5.95 Å². The van der Waals surface area contributed by atoms with E-state index in [0.29, 0.717) is 0 Å². The molecule has 0 saturated carbocycles. The Kier molecular flexibility index (Phi) is 4.75. The van der Waals surface area contributed by atoms with E-state index in [9.17, 15) is 4.79 Å². The van der Waals surface area contributed by atoms with Gasteiger partial charge < -0.3 is 10.5 Å². The third kappa shape index (κ3) is 4.03. The van der Waals surface area contributed by atoms with Gasteiger partial charge in [0, 0.05) is 6.08 Å². The van der Waals surface area contributed by atoms with Crippen LogP contribution in [0, 0.1) is 0 Å². The van der Waals surface area contributed by atoms with Crippen LogP contribution in [0.3, 0.4) is 0 Å². The Morgan fingerprint density at radius 2 is 1.88 bits per heavy atom. The molecule has 0 atom stereocenters. The fraction of sp³-hybridized carbons (Fsp3) is 0.0556. The van der Waals surface area contributed by atoms with Gasteiger partial charge >= 0.3 is 0 Å². The zero-order valence-electron chi connectivity index (χ0n) is 13.6. The molecule has 0 aliphatic heterocycles. The van der Waals surface area contributed by atoms with Gasteiger partial charge in [0.1, 0.15) is 5.75 Å². The number of nitrogens with two attached hydrogens (primary N) is 1. The minimum Gasteiger partial charge on any atom is -0.497 e. The van der Waals surface area contributed by atoms with Gasteiger partial charge in [-0.05, 0) is 35.9 Å². The Morgan fingerprint density at radius 1 is 1.16 bits per heavy atom. The van der Waals surface area contributed by atoms with Crippen molar-refractivity contribution in [2.75, 3.05) is 18.2 Å². The number of carbonyl (C=O) groups excluding carboxylic acids is 1. The number of aromatic nitrogens is 3. The standard InChI is InChI=1S/C18H17N5O2/c1-25-15-10-7-13(8-11-15)9-12-16(24)20-18-21-17(19)23(22-18)14-5-3-2-4-6-14/h2-12H,1H3,(H3,19,20,21,22,24). The fourth-order valence-corrected chi connectivity index (χ4v) is 2.18. The van der Waals surface area contributed by atoms with Crippen LogP contribution in [0.4, 0.5) is 11.9 Å². The Balaban J connectivity index is 1.67. The quantitative estimate of drug-likeness (QED) is 0.699. The molecule has 1 aromatic heterocycles. The highest BCUT2D eigenvalue weighted by Gasteiger charge is 2.09. The van der Waals surface area contributed by atoms with E-state index >= 15 is 0 Å². The molecule has 0 bridgehead atoms. The number of methoxy groups -OCH3 is 1. The Labute approximate surface area is 144 Å². The van der Waals surface area contributed by atoms with E-state index in [0.717, 1.165) is 17.0 Å². The SMILES string of the molecule is COc1ccc(C=CC(=O)Nc2nc(N)n(-c3ccccc3)n2)cc1. The molecular formula is C18H17N5O2. The monoisotopic (exact) mass is 335 g/mol. The number of rotatable bonds is 5. The smallest absolute Gasteiger partial charge is 0.251 e. The van der Waals surface area contributed by atoms with E-state index in [-0.39, 0.29) is 17.8 Å². The Bertz CT molecular complexity index is 886.